The van der Waals surface area contributed by atoms with Gasteiger partial charge in [0.15, 0.2) is 0 Å². The van der Waals surface area contributed by atoms with Crippen LogP contribution < -0.4 is 4.74 Å². The highest BCUT2D eigenvalue weighted by molar-refractivity contribution is 7.99. The second kappa shape index (κ2) is 4.84. The number of ether oxygens (including phenoxy) is 1. The van der Waals surface area contributed by atoms with Crippen molar-refractivity contribution in [1.29, 1.82) is 0 Å². The molecule has 0 aliphatic carbocycles. The summed E-state index contributed by atoms with van der Waals surface area (Å²) in [7, 11) is 1.62. The molecule has 0 aliphatic rings. The van der Waals surface area contributed by atoms with E-state index in [0.717, 1.165) is 5.03 Å². The smallest absolute Gasteiger partial charge is 0.213 e. The quantitative estimate of drug-likeness (QED) is 0.788. The molecule has 0 radical (unpaired) electrons. The van der Waals surface area contributed by atoms with Crippen molar-refractivity contribution in [3.05, 3.63) is 48.5 Å². The summed E-state index contributed by atoms with van der Waals surface area (Å²) in [5.41, 5.74) is 0. The number of aromatic nitrogens is 1. The fourth-order valence-electron chi connectivity index (χ4n) is 1.18. The average Bonchev–Trinajstić information content (AvgIpc) is 2.31. The second-order valence-electron chi connectivity index (χ2n) is 2.93. The Hall–Kier alpha value is -1.48. The zero-order valence-corrected chi connectivity index (χ0v) is 9.20. The van der Waals surface area contributed by atoms with Gasteiger partial charge in [-0.05, 0) is 18.2 Å². The summed E-state index contributed by atoms with van der Waals surface area (Å²) in [6.07, 6.45) is 0. The fourth-order valence-corrected chi connectivity index (χ4v) is 1.99. The summed E-state index contributed by atoms with van der Waals surface area (Å²) in [6.45, 7) is 0. The minimum absolute atomic E-state index is 0.649. The van der Waals surface area contributed by atoms with E-state index in [2.05, 4.69) is 17.1 Å². The van der Waals surface area contributed by atoms with E-state index in [9.17, 15) is 0 Å². The van der Waals surface area contributed by atoms with E-state index in [4.69, 9.17) is 4.74 Å². The molecule has 0 spiro atoms. The average molecular weight is 217 g/mol. The number of benzene rings is 1. The molecule has 0 bridgehead atoms. The van der Waals surface area contributed by atoms with Gasteiger partial charge in [-0.15, -0.1) is 0 Å². The SMILES string of the molecule is COc1cccc(Sc2ccccc2)n1. The molecule has 1 heterocycles. The van der Waals surface area contributed by atoms with Gasteiger partial charge < -0.3 is 4.74 Å². The summed E-state index contributed by atoms with van der Waals surface area (Å²) in [4.78, 5) is 5.51. The van der Waals surface area contributed by atoms with Crippen molar-refractivity contribution in [2.45, 2.75) is 9.92 Å². The summed E-state index contributed by atoms with van der Waals surface area (Å²) in [5, 5.41) is 0.945. The Bertz CT molecular complexity index is 431. The van der Waals surface area contributed by atoms with Crippen molar-refractivity contribution in [2.75, 3.05) is 7.11 Å². The topological polar surface area (TPSA) is 22.1 Å². The van der Waals surface area contributed by atoms with Gasteiger partial charge >= 0.3 is 0 Å². The first kappa shape index (κ1) is 10.1. The maximum atomic E-state index is 5.07. The molecule has 1 aromatic heterocycles. The number of nitrogens with zero attached hydrogens (tertiary/aromatic N) is 1. The number of pyridine rings is 1. The lowest BCUT2D eigenvalue weighted by Crippen LogP contribution is -1.87. The van der Waals surface area contributed by atoms with Crippen LogP contribution in [0.3, 0.4) is 0 Å². The van der Waals surface area contributed by atoms with E-state index in [0.29, 0.717) is 5.88 Å². The summed E-state index contributed by atoms with van der Waals surface area (Å²) in [5.74, 6) is 0.649. The molecular weight excluding hydrogens is 206 g/mol. The lowest BCUT2D eigenvalue weighted by molar-refractivity contribution is 0.394. The highest BCUT2D eigenvalue weighted by Gasteiger charge is 1.99. The van der Waals surface area contributed by atoms with E-state index in [1.165, 1.54) is 4.90 Å². The van der Waals surface area contributed by atoms with Crippen LogP contribution in [0.2, 0.25) is 0 Å². The van der Waals surface area contributed by atoms with Crippen molar-refractivity contribution in [1.82, 2.24) is 4.98 Å². The number of rotatable bonds is 3. The van der Waals surface area contributed by atoms with Crippen LogP contribution in [0, 0.1) is 0 Å². The van der Waals surface area contributed by atoms with Crippen molar-refractivity contribution >= 4 is 11.8 Å². The van der Waals surface area contributed by atoms with Gasteiger partial charge in [-0.3, -0.25) is 0 Å². The monoisotopic (exact) mass is 217 g/mol. The first-order valence-corrected chi connectivity index (χ1v) is 5.44. The Kier molecular flexibility index (Phi) is 3.25. The highest BCUT2D eigenvalue weighted by atomic mass is 32.2. The minimum Gasteiger partial charge on any atom is -0.481 e. The largest absolute Gasteiger partial charge is 0.481 e. The van der Waals surface area contributed by atoms with Crippen LogP contribution in [0.5, 0.6) is 5.88 Å². The van der Waals surface area contributed by atoms with Gasteiger partial charge in [0.1, 0.15) is 5.03 Å². The second-order valence-corrected chi connectivity index (χ2v) is 4.03. The van der Waals surface area contributed by atoms with Crippen LogP contribution in [-0.2, 0) is 0 Å². The third kappa shape index (κ3) is 2.73. The van der Waals surface area contributed by atoms with E-state index in [1.807, 2.05) is 36.4 Å². The highest BCUT2D eigenvalue weighted by Crippen LogP contribution is 2.26. The molecule has 0 saturated heterocycles. The minimum atomic E-state index is 0.649. The number of hydrogen-bond acceptors (Lipinski definition) is 3. The molecule has 0 amide bonds. The Morgan fingerprint density at radius 3 is 2.53 bits per heavy atom. The van der Waals surface area contributed by atoms with Crippen molar-refractivity contribution in [3.63, 3.8) is 0 Å². The van der Waals surface area contributed by atoms with Crippen molar-refractivity contribution < 1.29 is 4.74 Å². The van der Waals surface area contributed by atoms with E-state index < -0.39 is 0 Å². The van der Waals surface area contributed by atoms with Gasteiger partial charge in [-0.25, -0.2) is 4.98 Å². The third-order valence-corrected chi connectivity index (χ3v) is 2.82. The lowest BCUT2D eigenvalue weighted by atomic mass is 10.4. The summed E-state index contributed by atoms with van der Waals surface area (Å²) >= 11 is 1.63. The van der Waals surface area contributed by atoms with E-state index >= 15 is 0 Å². The fraction of sp³-hybridized carbons (Fsp3) is 0.0833. The van der Waals surface area contributed by atoms with E-state index in [1.54, 1.807) is 18.9 Å². The van der Waals surface area contributed by atoms with Crippen LogP contribution in [0.25, 0.3) is 0 Å². The van der Waals surface area contributed by atoms with Gasteiger partial charge in [0, 0.05) is 11.0 Å². The van der Waals surface area contributed by atoms with Gasteiger partial charge in [0.05, 0.1) is 7.11 Å². The lowest BCUT2D eigenvalue weighted by Gasteiger charge is -2.02. The van der Waals surface area contributed by atoms with Crippen LogP contribution in [0.1, 0.15) is 0 Å². The van der Waals surface area contributed by atoms with Crippen LogP contribution >= 0.6 is 11.8 Å². The van der Waals surface area contributed by atoms with Gasteiger partial charge in [-0.1, -0.05) is 36.0 Å². The first-order chi connectivity index (χ1) is 7.38. The zero-order chi connectivity index (χ0) is 10.5. The first-order valence-electron chi connectivity index (χ1n) is 4.62. The van der Waals surface area contributed by atoms with Gasteiger partial charge in [0.25, 0.3) is 0 Å². The normalized spacial score (nSPS) is 9.93. The molecule has 2 rings (SSSR count). The molecule has 0 unspecified atom stereocenters. The molecule has 0 N–H and O–H groups in total. The molecule has 2 aromatic rings. The molecule has 3 heteroatoms. The van der Waals surface area contributed by atoms with Crippen molar-refractivity contribution in [2.24, 2.45) is 0 Å². The maximum absolute atomic E-state index is 5.07. The summed E-state index contributed by atoms with van der Waals surface area (Å²) in [6, 6.07) is 15.9. The van der Waals surface area contributed by atoms with Crippen LogP contribution in [-0.4, -0.2) is 12.1 Å². The Morgan fingerprint density at radius 2 is 1.80 bits per heavy atom. The predicted octanol–water partition coefficient (Wildman–Crippen LogP) is 3.24. The maximum Gasteiger partial charge on any atom is 0.213 e. The molecule has 1 aromatic carbocycles. The van der Waals surface area contributed by atoms with Crippen LogP contribution in [0.4, 0.5) is 0 Å². The molecule has 2 nitrogen and oxygen atoms in total. The van der Waals surface area contributed by atoms with Crippen molar-refractivity contribution in [3.8, 4) is 5.88 Å². The third-order valence-electron chi connectivity index (χ3n) is 1.87. The van der Waals surface area contributed by atoms with Gasteiger partial charge in [-0.2, -0.15) is 0 Å². The molecule has 0 fully saturated rings. The summed E-state index contributed by atoms with van der Waals surface area (Å²) < 4.78 is 5.07. The predicted molar refractivity (Wildman–Crippen MR) is 61.4 cm³/mol. The standard InChI is InChI=1S/C12H11NOS/c1-14-11-8-5-9-12(13-11)15-10-6-3-2-4-7-10/h2-9H,1H3. The van der Waals surface area contributed by atoms with Gasteiger partial charge in [0.2, 0.25) is 5.88 Å². The molecule has 15 heavy (non-hydrogen) atoms. The Labute approximate surface area is 93.3 Å². The number of methoxy groups -OCH3 is 1. The number of hydrogen-bond donors (Lipinski definition) is 0. The molecular formula is C12H11NOS. The Morgan fingerprint density at radius 1 is 1.00 bits per heavy atom. The molecule has 0 atom stereocenters. The zero-order valence-electron chi connectivity index (χ0n) is 8.38. The van der Waals surface area contributed by atoms with Crippen LogP contribution in [0.15, 0.2) is 58.5 Å². The van der Waals surface area contributed by atoms with E-state index in [-0.39, 0.29) is 0 Å². The molecule has 0 aliphatic heterocycles. The Balaban J connectivity index is 2.17. The molecule has 76 valence electrons. The molecule has 0 saturated carbocycles.